The minimum atomic E-state index is -0.546. The maximum absolute atomic E-state index is 14.4. The van der Waals surface area contributed by atoms with Crippen molar-refractivity contribution >= 4 is 29.1 Å². The summed E-state index contributed by atoms with van der Waals surface area (Å²) < 4.78 is 36.6. The Morgan fingerprint density at radius 2 is 1.64 bits per heavy atom. The second kappa shape index (κ2) is 12.2. The van der Waals surface area contributed by atoms with Gasteiger partial charge in [-0.2, -0.15) is 0 Å². The molecule has 1 aromatic heterocycles. The molecule has 1 amide bonds. The van der Waals surface area contributed by atoms with Crippen molar-refractivity contribution in [3.63, 3.8) is 0 Å². The second-order valence-corrected chi connectivity index (χ2v) is 9.87. The van der Waals surface area contributed by atoms with Gasteiger partial charge < -0.3 is 23.5 Å². The highest BCUT2D eigenvalue weighted by atomic mass is 19.1. The van der Waals surface area contributed by atoms with Gasteiger partial charge in [0.25, 0.3) is 0 Å². The molecule has 1 heterocycles. The average molecular weight is 568 g/mol. The molecule has 1 aliphatic carbocycles. The molecule has 0 atom stereocenters. The van der Waals surface area contributed by atoms with Crippen molar-refractivity contribution < 1.29 is 32.6 Å². The molecule has 0 unspecified atom stereocenters. The zero-order valence-corrected chi connectivity index (χ0v) is 23.8. The number of rotatable bonds is 9. The third-order valence-corrected chi connectivity index (χ3v) is 7.18. The summed E-state index contributed by atoms with van der Waals surface area (Å²) in [4.78, 5) is 27.5. The van der Waals surface area contributed by atoms with Gasteiger partial charge in [-0.25, -0.2) is 9.18 Å². The summed E-state index contributed by atoms with van der Waals surface area (Å²) >= 11 is 0. The van der Waals surface area contributed by atoms with E-state index in [-0.39, 0.29) is 23.9 Å². The van der Waals surface area contributed by atoms with Gasteiger partial charge in [0, 0.05) is 7.05 Å². The van der Waals surface area contributed by atoms with Crippen LogP contribution in [0, 0.1) is 5.82 Å². The molecular formula is C34H30FNO6. The lowest BCUT2D eigenvalue weighted by molar-refractivity contribution is -0.129. The zero-order chi connectivity index (χ0) is 29.8. The van der Waals surface area contributed by atoms with Crippen LogP contribution in [0.5, 0.6) is 17.2 Å². The van der Waals surface area contributed by atoms with Gasteiger partial charge in [0.05, 0.1) is 39.0 Å². The minimum absolute atomic E-state index is 0.0951. The van der Waals surface area contributed by atoms with Gasteiger partial charge in [-0.1, -0.05) is 24.3 Å². The highest BCUT2D eigenvalue weighted by Gasteiger charge is 2.27. The van der Waals surface area contributed by atoms with E-state index in [2.05, 4.69) is 0 Å². The molecule has 42 heavy (non-hydrogen) atoms. The Labute approximate surface area is 243 Å². The van der Waals surface area contributed by atoms with Crippen molar-refractivity contribution in [1.29, 1.82) is 0 Å². The van der Waals surface area contributed by atoms with E-state index in [4.69, 9.17) is 18.6 Å². The lowest BCUT2D eigenvalue weighted by atomic mass is 10.00. The van der Waals surface area contributed by atoms with Crippen LogP contribution in [0.15, 0.2) is 89.0 Å². The van der Waals surface area contributed by atoms with Crippen molar-refractivity contribution in [2.75, 3.05) is 21.3 Å². The Bertz CT molecular complexity index is 1660. The molecular weight excluding hydrogens is 537 g/mol. The number of nitrogens with zero attached hydrogens (tertiary/aromatic N) is 1. The number of amides is 1. The molecule has 0 fully saturated rings. The molecule has 214 valence electrons. The smallest absolute Gasteiger partial charge is 0.343 e. The number of fused-ring (bicyclic) bond motifs is 1. The van der Waals surface area contributed by atoms with Gasteiger partial charge in [0.15, 0.2) is 11.5 Å². The molecule has 5 rings (SSSR count). The highest BCUT2D eigenvalue weighted by molar-refractivity contribution is 6.08. The fraction of sp³-hybridized carbons (Fsp3) is 0.176. The molecule has 0 spiro atoms. The third kappa shape index (κ3) is 5.83. The first-order chi connectivity index (χ1) is 20.3. The van der Waals surface area contributed by atoms with Crippen LogP contribution >= 0.6 is 0 Å². The standard InChI is InChI=1S/C34H30FNO6/c1-21-27(15-22-16-30(39-3)33(31(17-22)40-4)42-34(38)23-9-6-5-7-10-23)26-13-12-24(35)18-29(26)28(21)19-32(37)36(2)20-25-11-8-14-41-25/h5-18H,19-20H2,1-4H3/b27-15-. The van der Waals surface area contributed by atoms with E-state index in [1.807, 2.05) is 25.1 Å². The Balaban J connectivity index is 1.49. The van der Waals surface area contributed by atoms with Crippen LogP contribution in [0.4, 0.5) is 4.39 Å². The number of methoxy groups -OCH3 is 2. The number of furan rings is 1. The van der Waals surface area contributed by atoms with Crippen molar-refractivity contribution in [2.45, 2.75) is 19.9 Å². The molecule has 0 N–H and O–H groups in total. The fourth-order valence-corrected chi connectivity index (χ4v) is 4.97. The van der Waals surface area contributed by atoms with E-state index in [0.29, 0.717) is 40.5 Å². The van der Waals surface area contributed by atoms with E-state index >= 15 is 0 Å². The number of hydrogen-bond acceptors (Lipinski definition) is 6. The summed E-state index contributed by atoms with van der Waals surface area (Å²) in [6, 6.07) is 20.3. The molecule has 0 saturated heterocycles. The molecule has 0 aliphatic heterocycles. The first kappa shape index (κ1) is 28.4. The van der Waals surface area contributed by atoms with Crippen molar-refractivity contribution in [2.24, 2.45) is 0 Å². The number of hydrogen-bond donors (Lipinski definition) is 0. The van der Waals surface area contributed by atoms with Gasteiger partial charge in [0.2, 0.25) is 11.7 Å². The summed E-state index contributed by atoms with van der Waals surface area (Å²) in [7, 11) is 4.67. The Morgan fingerprint density at radius 1 is 0.929 bits per heavy atom. The number of carbonyl (C=O) groups excluding carboxylic acids is 2. The minimum Gasteiger partial charge on any atom is -0.493 e. The van der Waals surface area contributed by atoms with Crippen LogP contribution in [-0.2, 0) is 11.3 Å². The van der Waals surface area contributed by atoms with Gasteiger partial charge in [-0.3, -0.25) is 4.79 Å². The molecule has 7 nitrogen and oxygen atoms in total. The summed E-state index contributed by atoms with van der Waals surface area (Å²) in [5.74, 6) is 0.391. The number of carbonyl (C=O) groups is 2. The van der Waals surface area contributed by atoms with Crippen LogP contribution in [-0.4, -0.2) is 38.0 Å². The average Bonchev–Trinajstić information content (AvgIpc) is 3.60. The predicted molar refractivity (Wildman–Crippen MR) is 158 cm³/mol. The van der Waals surface area contributed by atoms with E-state index in [1.165, 1.54) is 26.4 Å². The first-order valence-electron chi connectivity index (χ1n) is 13.3. The molecule has 1 aliphatic rings. The summed E-state index contributed by atoms with van der Waals surface area (Å²) in [5, 5.41) is 0. The first-order valence-corrected chi connectivity index (χ1v) is 13.3. The van der Waals surface area contributed by atoms with Crippen LogP contribution in [0.25, 0.3) is 17.2 Å². The Morgan fingerprint density at radius 3 is 2.29 bits per heavy atom. The van der Waals surface area contributed by atoms with Gasteiger partial charge in [-0.05, 0) is 94.9 Å². The van der Waals surface area contributed by atoms with Gasteiger partial charge in [-0.15, -0.1) is 0 Å². The van der Waals surface area contributed by atoms with E-state index in [9.17, 15) is 14.0 Å². The summed E-state index contributed by atoms with van der Waals surface area (Å²) in [5.41, 5.74) is 5.01. The van der Waals surface area contributed by atoms with Crippen molar-refractivity contribution in [3.8, 4) is 17.2 Å². The topological polar surface area (TPSA) is 78.2 Å². The van der Waals surface area contributed by atoms with Crippen LogP contribution in [0.3, 0.4) is 0 Å². The lowest BCUT2D eigenvalue weighted by Gasteiger charge is -2.17. The third-order valence-electron chi connectivity index (χ3n) is 7.18. The van der Waals surface area contributed by atoms with Crippen LogP contribution in [0.1, 0.15) is 46.2 Å². The highest BCUT2D eigenvalue weighted by Crippen LogP contribution is 2.46. The largest absolute Gasteiger partial charge is 0.493 e. The molecule has 4 aromatic rings. The lowest BCUT2D eigenvalue weighted by Crippen LogP contribution is -2.26. The molecule has 0 bridgehead atoms. The van der Waals surface area contributed by atoms with Crippen LogP contribution < -0.4 is 14.2 Å². The zero-order valence-electron chi connectivity index (χ0n) is 23.8. The number of benzene rings is 3. The number of halogens is 1. The Hall–Kier alpha value is -5.11. The summed E-state index contributed by atoms with van der Waals surface area (Å²) in [6.45, 7) is 2.25. The Kier molecular flexibility index (Phi) is 8.24. The fourth-order valence-electron chi connectivity index (χ4n) is 4.97. The maximum Gasteiger partial charge on any atom is 0.343 e. The molecule has 0 radical (unpaired) electrons. The quantitative estimate of drug-likeness (QED) is 0.160. The predicted octanol–water partition coefficient (Wildman–Crippen LogP) is 7.03. The van der Waals surface area contributed by atoms with Crippen molar-refractivity contribution in [3.05, 3.63) is 118 Å². The molecule has 8 heteroatoms. The van der Waals surface area contributed by atoms with Gasteiger partial charge >= 0.3 is 5.97 Å². The number of allylic oxidation sites excluding steroid dienone is 2. The van der Waals surface area contributed by atoms with E-state index < -0.39 is 5.97 Å². The summed E-state index contributed by atoms with van der Waals surface area (Å²) in [6.07, 6.45) is 3.58. The van der Waals surface area contributed by atoms with E-state index in [0.717, 1.165) is 22.3 Å². The second-order valence-electron chi connectivity index (χ2n) is 9.87. The van der Waals surface area contributed by atoms with E-state index in [1.54, 1.807) is 66.7 Å². The normalized spacial score (nSPS) is 13.2. The SMILES string of the molecule is COc1cc(/C=C2/C(C)=C(CC(=O)N(C)Cc3ccco3)c3cc(F)ccc32)cc(OC)c1OC(=O)c1ccccc1. The maximum atomic E-state index is 14.4. The van der Waals surface area contributed by atoms with Crippen molar-refractivity contribution in [1.82, 2.24) is 4.90 Å². The van der Waals surface area contributed by atoms with Gasteiger partial charge in [0.1, 0.15) is 11.6 Å². The monoisotopic (exact) mass is 567 g/mol. The molecule has 0 saturated carbocycles. The number of esters is 1. The number of ether oxygens (including phenoxy) is 3. The van der Waals surface area contributed by atoms with Crippen LogP contribution in [0.2, 0.25) is 0 Å². The molecule has 3 aromatic carbocycles.